The lowest BCUT2D eigenvalue weighted by Crippen LogP contribution is -2.45. The molecule has 0 aliphatic rings. The van der Waals surface area contributed by atoms with E-state index in [4.69, 9.17) is 13.3 Å². The fourth-order valence-corrected chi connectivity index (χ4v) is 7.13. The fraction of sp³-hybridized carbons (Fsp3) is 0.643. The van der Waals surface area contributed by atoms with Gasteiger partial charge in [-0.25, -0.2) is 0 Å². The first-order valence-corrected chi connectivity index (χ1v) is 15.4. The van der Waals surface area contributed by atoms with Gasteiger partial charge in [0, 0.05) is 38.3 Å². The van der Waals surface area contributed by atoms with Gasteiger partial charge in [0.1, 0.15) is 0 Å². The summed E-state index contributed by atoms with van der Waals surface area (Å²) in [6, 6.07) is 11.2. The van der Waals surface area contributed by atoms with Crippen molar-refractivity contribution >= 4 is 8.80 Å². The van der Waals surface area contributed by atoms with Gasteiger partial charge in [-0.3, -0.25) is 9.97 Å². The van der Waals surface area contributed by atoms with Crippen LogP contribution in [0.2, 0.25) is 6.04 Å². The number of rotatable bonds is 20. The molecule has 0 aliphatic carbocycles. The Balaban J connectivity index is 1.52. The van der Waals surface area contributed by atoms with E-state index in [0.717, 1.165) is 30.3 Å². The molecule has 190 valence electrons. The zero-order valence-corrected chi connectivity index (χ0v) is 22.8. The number of aryl methyl sites for hydroxylation is 1. The first-order chi connectivity index (χ1) is 16.7. The summed E-state index contributed by atoms with van der Waals surface area (Å²) in [7, 11) is -2.44. The Morgan fingerprint density at radius 2 is 1.18 bits per heavy atom. The maximum absolute atomic E-state index is 5.95. The van der Waals surface area contributed by atoms with Crippen LogP contribution in [0.15, 0.2) is 42.7 Å². The van der Waals surface area contributed by atoms with E-state index >= 15 is 0 Å². The average Bonchev–Trinajstić information content (AvgIpc) is 2.86. The van der Waals surface area contributed by atoms with E-state index < -0.39 is 8.80 Å². The van der Waals surface area contributed by atoms with Crippen LogP contribution < -0.4 is 0 Å². The number of hydrogen-bond acceptors (Lipinski definition) is 5. The van der Waals surface area contributed by atoms with Crippen molar-refractivity contribution in [1.82, 2.24) is 9.97 Å². The molecule has 0 N–H and O–H groups in total. The van der Waals surface area contributed by atoms with Crippen molar-refractivity contribution in [2.75, 3.05) is 19.8 Å². The molecular weight excluding hydrogens is 440 g/mol. The summed E-state index contributed by atoms with van der Waals surface area (Å²) in [5.41, 5.74) is 3.32. The van der Waals surface area contributed by atoms with Crippen LogP contribution in [0.3, 0.4) is 0 Å². The predicted octanol–water partition coefficient (Wildman–Crippen LogP) is 7.64. The molecule has 0 saturated carbocycles. The summed E-state index contributed by atoms with van der Waals surface area (Å²) in [4.78, 5) is 9.05. The third-order valence-electron chi connectivity index (χ3n) is 6.07. The summed E-state index contributed by atoms with van der Waals surface area (Å²) in [5.74, 6) is 0. The molecule has 0 fully saturated rings. The molecule has 0 saturated heterocycles. The van der Waals surface area contributed by atoms with Crippen molar-refractivity contribution in [1.29, 1.82) is 0 Å². The molecule has 0 radical (unpaired) electrons. The number of unbranched alkanes of at least 4 members (excludes halogenated alkanes) is 9. The van der Waals surface area contributed by atoms with Crippen LogP contribution in [-0.2, 0) is 19.7 Å². The van der Waals surface area contributed by atoms with Gasteiger partial charge in [-0.1, -0.05) is 63.5 Å². The molecule has 2 aromatic heterocycles. The van der Waals surface area contributed by atoms with Gasteiger partial charge >= 0.3 is 8.80 Å². The maximum Gasteiger partial charge on any atom is 0.500 e. The molecule has 0 amide bonds. The zero-order chi connectivity index (χ0) is 24.3. The first kappa shape index (κ1) is 28.6. The summed E-state index contributed by atoms with van der Waals surface area (Å²) < 4.78 is 17.8. The second-order valence-electron chi connectivity index (χ2n) is 8.74. The van der Waals surface area contributed by atoms with E-state index in [-0.39, 0.29) is 0 Å². The van der Waals surface area contributed by atoms with Gasteiger partial charge in [0.15, 0.2) is 0 Å². The monoisotopic (exact) mass is 486 g/mol. The molecule has 2 aromatic rings. The molecule has 0 bridgehead atoms. The minimum Gasteiger partial charge on any atom is -0.374 e. The molecule has 6 heteroatoms. The van der Waals surface area contributed by atoms with Crippen molar-refractivity contribution in [2.45, 2.75) is 97.4 Å². The Bertz CT molecular complexity index is 743. The van der Waals surface area contributed by atoms with Gasteiger partial charge < -0.3 is 13.3 Å². The lowest BCUT2D eigenvalue weighted by molar-refractivity contribution is 0.0706. The van der Waals surface area contributed by atoms with E-state index in [1.807, 2.05) is 57.4 Å². The van der Waals surface area contributed by atoms with Gasteiger partial charge in [0.05, 0.1) is 11.4 Å². The van der Waals surface area contributed by atoms with Crippen LogP contribution in [0.25, 0.3) is 11.4 Å². The predicted molar refractivity (Wildman–Crippen MR) is 143 cm³/mol. The quantitative estimate of drug-likeness (QED) is 0.142. The molecule has 0 unspecified atom stereocenters. The van der Waals surface area contributed by atoms with Crippen LogP contribution in [0.5, 0.6) is 0 Å². The normalized spacial score (nSPS) is 11.7. The molecule has 2 rings (SSSR count). The highest BCUT2D eigenvalue weighted by molar-refractivity contribution is 6.60. The van der Waals surface area contributed by atoms with E-state index in [1.54, 1.807) is 0 Å². The molecule has 0 aliphatic heterocycles. The first-order valence-electron chi connectivity index (χ1n) is 13.5. The Kier molecular flexibility index (Phi) is 15.0. The standard InChI is InChI=1S/C28H46N2O3Si/c1-4-31-34(32-5-2,33-6-3)25-18-14-12-10-8-7-9-11-13-15-20-26-21-19-24-30-28(26)27-22-16-17-23-29-27/h16-17,19,21-24H,4-15,18,20,25H2,1-3H3. The Morgan fingerprint density at radius 3 is 1.74 bits per heavy atom. The second kappa shape index (κ2) is 17.8. The van der Waals surface area contributed by atoms with Crippen LogP contribution >= 0.6 is 0 Å². The van der Waals surface area contributed by atoms with Gasteiger partial charge in [-0.05, 0) is 63.8 Å². The molecule has 2 heterocycles. The maximum atomic E-state index is 5.95. The van der Waals surface area contributed by atoms with Crippen LogP contribution in [0.4, 0.5) is 0 Å². The van der Waals surface area contributed by atoms with Crippen molar-refractivity contribution in [3.05, 3.63) is 48.3 Å². The number of nitrogens with zero attached hydrogens (tertiary/aromatic N) is 2. The van der Waals surface area contributed by atoms with E-state index in [2.05, 4.69) is 16.0 Å². The smallest absolute Gasteiger partial charge is 0.374 e. The van der Waals surface area contributed by atoms with Gasteiger partial charge in [0.25, 0.3) is 0 Å². The number of pyridine rings is 2. The summed E-state index contributed by atoms with van der Waals surface area (Å²) >= 11 is 0. The van der Waals surface area contributed by atoms with Crippen molar-refractivity contribution in [3.63, 3.8) is 0 Å². The van der Waals surface area contributed by atoms with Crippen molar-refractivity contribution in [2.24, 2.45) is 0 Å². The average molecular weight is 487 g/mol. The Hall–Kier alpha value is -1.60. The summed E-state index contributed by atoms with van der Waals surface area (Å²) in [5, 5.41) is 0. The third kappa shape index (κ3) is 10.8. The molecule has 5 nitrogen and oxygen atoms in total. The highest BCUT2D eigenvalue weighted by atomic mass is 28.4. The van der Waals surface area contributed by atoms with Gasteiger partial charge in [-0.15, -0.1) is 0 Å². The molecule has 34 heavy (non-hydrogen) atoms. The molecular formula is C28H46N2O3Si. The minimum absolute atomic E-state index is 0.667. The van der Waals surface area contributed by atoms with Gasteiger partial charge in [-0.2, -0.15) is 0 Å². The summed E-state index contributed by atoms with van der Waals surface area (Å²) in [6.07, 6.45) is 17.7. The molecule has 0 spiro atoms. The zero-order valence-electron chi connectivity index (χ0n) is 21.8. The minimum atomic E-state index is -2.44. The Morgan fingerprint density at radius 1 is 0.618 bits per heavy atom. The third-order valence-corrected chi connectivity index (χ3v) is 9.22. The van der Waals surface area contributed by atoms with Crippen LogP contribution in [0, 0.1) is 0 Å². The number of aromatic nitrogens is 2. The lowest BCUT2D eigenvalue weighted by atomic mass is 10.0. The van der Waals surface area contributed by atoms with Crippen LogP contribution in [-0.4, -0.2) is 38.6 Å². The van der Waals surface area contributed by atoms with E-state index in [1.165, 1.54) is 63.4 Å². The van der Waals surface area contributed by atoms with Crippen LogP contribution in [0.1, 0.15) is 90.5 Å². The highest BCUT2D eigenvalue weighted by Gasteiger charge is 2.39. The topological polar surface area (TPSA) is 53.5 Å². The van der Waals surface area contributed by atoms with Crippen molar-refractivity contribution in [3.8, 4) is 11.4 Å². The molecule has 0 atom stereocenters. The number of hydrogen-bond donors (Lipinski definition) is 0. The highest BCUT2D eigenvalue weighted by Crippen LogP contribution is 2.22. The van der Waals surface area contributed by atoms with E-state index in [0.29, 0.717) is 19.8 Å². The summed E-state index contributed by atoms with van der Waals surface area (Å²) in [6.45, 7) is 8.08. The van der Waals surface area contributed by atoms with E-state index in [9.17, 15) is 0 Å². The SMILES string of the molecule is CCO[Si](CCCCCCCCCCCCc1cccnc1-c1ccccn1)(OCC)OCC. The van der Waals surface area contributed by atoms with Gasteiger partial charge in [0.2, 0.25) is 0 Å². The fourth-order valence-electron chi connectivity index (χ4n) is 4.45. The van der Waals surface area contributed by atoms with Crippen molar-refractivity contribution < 1.29 is 13.3 Å². The second-order valence-corrected chi connectivity index (χ2v) is 11.5. The lowest BCUT2D eigenvalue weighted by Gasteiger charge is -2.28. The Labute approximate surface area is 209 Å². The largest absolute Gasteiger partial charge is 0.500 e. The molecule has 0 aromatic carbocycles.